The molecule has 0 aliphatic carbocycles. The zero-order valence-electron chi connectivity index (χ0n) is 17.2. The number of nitrogens with two attached hydrogens (primary N) is 1. The first-order valence-corrected chi connectivity index (χ1v) is 10.5. The van der Waals surface area contributed by atoms with Crippen LogP contribution in [0.15, 0.2) is 52.2 Å². The van der Waals surface area contributed by atoms with Crippen molar-refractivity contribution >= 4 is 23.7 Å². The van der Waals surface area contributed by atoms with Gasteiger partial charge in [0.15, 0.2) is 11.0 Å². The number of hydrogen-bond acceptors (Lipinski definition) is 6. The van der Waals surface area contributed by atoms with Gasteiger partial charge >= 0.3 is 6.03 Å². The summed E-state index contributed by atoms with van der Waals surface area (Å²) >= 11 is 1.38. The number of carbonyl (C=O) groups is 2. The minimum atomic E-state index is -0.855. The van der Waals surface area contributed by atoms with E-state index in [2.05, 4.69) is 48.4 Å². The maximum absolute atomic E-state index is 11.6. The predicted octanol–water partition coefficient (Wildman–Crippen LogP) is 3.56. The normalized spacial score (nSPS) is 11.4. The molecule has 1 aromatic carbocycles. The van der Waals surface area contributed by atoms with Gasteiger partial charge in [-0.05, 0) is 23.1 Å². The van der Waals surface area contributed by atoms with Gasteiger partial charge in [-0.15, -0.1) is 10.2 Å². The van der Waals surface area contributed by atoms with Crippen molar-refractivity contribution in [3.8, 4) is 11.4 Å². The summed E-state index contributed by atoms with van der Waals surface area (Å²) in [5, 5.41) is 11.4. The van der Waals surface area contributed by atoms with Crippen LogP contribution in [0.5, 0.6) is 0 Å². The molecule has 0 radical (unpaired) electrons. The number of primary amides is 1. The SMILES string of the molecule is CC(C)(C)c1ccc(-c2nnc(SCCC(=O)NC(N)=O)n2Cc2ccco2)cc1. The van der Waals surface area contributed by atoms with Gasteiger partial charge in [-0.25, -0.2) is 4.79 Å². The van der Waals surface area contributed by atoms with Crippen LogP contribution in [0.2, 0.25) is 0 Å². The zero-order chi connectivity index (χ0) is 21.7. The van der Waals surface area contributed by atoms with E-state index in [1.807, 2.05) is 28.8 Å². The Balaban J connectivity index is 1.82. The number of benzene rings is 1. The Morgan fingerprint density at radius 3 is 2.50 bits per heavy atom. The molecule has 8 nitrogen and oxygen atoms in total. The van der Waals surface area contributed by atoms with Gasteiger partial charge in [0.05, 0.1) is 12.8 Å². The summed E-state index contributed by atoms with van der Waals surface area (Å²) in [6.07, 6.45) is 1.76. The molecular formula is C21H25N5O3S. The zero-order valence-corrected chi connectivity index (χ0v) is 18.0. The highest BCUT2D eigenvalue weighted by molar-refractivity contribution is 7.99. The topological polar surface area (TPSA) is 116 Å². The summed E-state index contributed by atoms with van der Waals surface area (Å²) in [5.74, 6) is 1.50. The first-order valence-electron chi connectivity index (χ1n) is 9.52. The van der Waals surface area contributed by atoms with Crippen molar-refractivity contribution in [1.29, 1.82) is 0 Å². The van der Waals surface area contributed by atoms with Crippen LogP contribution < -0.4 is 11.1 Å². The Bertz CT molecular complexity index is 1000. The highest BCUT2D eigenvalue weighted by Gasteiger charge is 2.18. The molecule has 158 valence electrons. The molecule has 0 bridgehead atoms. The Labute approximate surface area is 179 Å². The monoisotopic (exact) mass is 427 g/mol. The van der Waals surface area contributed by atoms with Crippen LogP contribution in [0.1, 0.15) is 38.5 Å². The number of aromatic nitrogens is 3. The van der Waals surface area contributed by atoms with E-state index in [1.165, 1.54) is 17.3 Å². The minimum Gasteiger partial charge on any atom is -0.467 e. The molecule has 3 N–H and O–H groups in total. The van der Waals surface area contributed by atoms with E-state index < -0.39 is 11.9 Å². The van der Waals surface area contributed by atoms with Crippen LogP contribution >= 0.6 is 11.8 Å². The van der Waals surface area contributed by atoms with Gasteiger partial charge in [-0.3, -0.25) is 14.7 Å². The van der Waals surface area contributed by atoms with E-state index >= 15 is 0 Å². The van der Waals surface area contributed by atoms with Crippen molar-refractivity contribution in [1.82, 2.24) is 20.1 Å². The molecule has 0 aliphatic heterocycles. The average Bonchev–Trinajstić information content (AvgIpc) is 3.31. The summed E-state index contributed by atoms with van der Waals surface area (Å²) in [5.41, 5.74) is 7.21. The van der Waals surface area contributed by atoms with Crippen LogP contribution in [0.4, 0.5) is 4.79 Å². The van der Waals surface area contributed by atoms with E-state index in [0.717, 1.165) is 17.1 Å². The highest BCUT2D eigenvalue weighted by Crippen LogP contribution is 2.28. The van der Waals surface area contributed by atoms with Gasteiger partial charge in [-0.1, -0.05) is 56.8 Å². The second-order valence-electron chi connectivity index (χ2n) is 7.81. The summed E-state index contributed by atoms with van der Waals surface area (Å²) in [6.45, 7) is 6.98. The lowest BCUT2D eigenvalue weighted by atomic mass is 9.87. The number of rotatable bonds is 7. The molecule has 0 spiro atoms. The average molecular weight is 428 g/mol. The fourth-order valence-corrected chi connectivity index (χ4v) is 3.74. The van der Waals surface area contributed by atoms with Gasteiger partial charge in [0.25, 0.3) is 0 Å². The summed E-state index contributed by atoms with van der Waals surface area (Å²) in [6, 6.07) is 11.1. The Morgan fingerprint density at radius 1 is 1.17 bits per heavy atom. The van der Waals surface area contributed by atoms with Gasteiger partial charge in [0.2, 0.25) is 5.91 Å². The van der Waals surface area contributed by atoms with Crippen molar-refractivity contribution in [2.24, 2.45) is 5.73 Å². The molecule has 3 aromatic rings. The molecule has 0 unspecified atom stereocenters. The molecule has 0 fully saturated rings. The van der Waals surface area contributed by atoms with Gasteiger partial charge in [-0.2, -0.15) is 0 Å². The number of nitrogens with zero attached hydrogens (tertiary/aromatic N) is 3. The Hall–Kier alpha value is -3.07. The summed E-state index contributed by atoms with van der Waals surface area (Å²) < 4.78 is 7.46. The van der Waals surface area contributed by atoms with E-state index in [1.54, 1.807) is 6.26 Å². The third-order valence-corrected chi connectivity index (χ3v) is 5.41. The molecule has 3 amide bonds. The van der Waals surface area contributed by atoms with Crippen LogP contribution in [0.25, 0.3) is 11.4 Å². The van der Waals surface area contributed by atoms with Crippen molar-refractivity contribution < 1.29 is 14.0 Å². The number of urea groups is 1. The number of furan rings is 1. The van der Waals surface area contributed by atoms with Crippen molar-refractivity contribution in [3.63, 3.8) is 0 Å². The largest absolute Gasteiger partial charge is 0.467 e. The van der Waals surface area contributed by atoms with Crippen LogP contribution in [0, 0.1) is 0 Å². The first kappa shape index (κ1) is 21.6. The lowest BCUT2D eigenvalue weighted by molar-refractivity contribution is -0.119. The minimum absolute atomic E-state index is 0.0624. The molecule has 0 aliphatic rings. The molecule has 0 saturated heterocycles. The van der Waals surface area contributed by atoms with E-state index in [9.17, 15) is 9.59 Å². The van der Waals surface area contributed by atoms with Crippen molar-refractivity contribution in [3.05, 3.63) is 54.0 Å². The number of thioether (sulfide) groups is 1. The first-order chi connectivity index (χ1) is 14.2. The third-order valence-electron chi connectivity index (χ3n) is 4.44. The van der Waals surface area contributed by atoms with Gasteiger partial charge in [0.1, 0.15) is 5.76 Å². The molecule has 0 atom stereocenters. The van der Waals surface area contributed by atoms with E-state index in [4.69, 9.17) is 10.2 Å². The van der Waals surface area contributed by atoms with Gasteiger partial charge in [0, 0.05) is 17.7 Å². The van der Waals surface area contributed by atoms with Gasteiger partial charge < -0.3 is 10.2 Å². The Morgan fingerprint density at radius 2 is 1.90 bits per heavy atom. The summed E-state index contributed by atoms with van der Waals surface area (Å²) in [7, 11) is 0. The van der Waals surface area contributed by atoms with Crippen LogP contribution in [0.3, 0.4) is 0 Å². The lowest BCUT2D eigenvalue weighted by Gasteiger charge is -2.19. The van der Waals surface area contributed by atoms with E-state index in [-0.39, 0.29) is 11.8 Å². The fourth-order valence-electron chi connectivity index (χ4n) is 2.86. The molecule has 3 rings (SSSR count). The Kier molecular flexibility index (Phi) is 6.61. The quantitative estimate of drug-likeness (QED) is 0.557. The number of nitrogens with one attached hydrogen (secondary N) is 1. The third kappa shape index (κ3) is 5.50. The second kappa shape index (κ2) is 9.17. The van der Waals surface area contributed by atoms with E-state index in [0.29, 0.717) is 17.5 Å². The van der Waals surface area contributed by atoms with Crippen LogP contribution in [-0.2, 0) is 16.8 Å². The standard InChI is InChI=1S/C21H25N5O3S/c1-21(2,3)15-8-6-14(7-9-15)18-24-25-20(26(18)13-16-5-4-11-29-16)30-12-10-17(27)23-19(22)28/h4-9,11H,10,12-13H2,1-3H3,(H3,22,23,27,28). The number of carbonyl (C=O) groups excluding carboxylic acids is 2. The smallest absolute Gasteiger partial charge is 0.318 e. The number of amides is 3. The maximum Gasteiger partial charge on any atom is 0.318 e. The molecule has 30 heavy (non-hydrogen) atoms. The highest BCUT2D eigenvalue weighted by atomic mass is 32.2. The molecule has 2 heterocycles. The van der Waals surface area contributed by atoms with Crippen LogP contribution in [-0.4, -0.2) is 32.5 Å². The second-order valence-corrected chi connectivity index (χ2v) is 8.87. The maximum atomic E-state index is 11.6. The molecule has 9 heteroatoms. The predicted molar refractivity (Wildman–Crippen MR) is 115 cm³/mol. The van der Waals surface area contributed by atoms with Crippen molar-refractivity contribution in [2.45, 2.75) is 44.3 Å². The van der Waals surface area contributed by atoms with Crippen molar-refractivity contribution in [2.75, 3.05) is 5.75 Å². The molecular weight excluding hydrogens is 402 g/mol. The molecule has 2 aromatic heterocycles. The molecule has 0 saturated carbocycles. The lowest BCUT2D eigenvalue weighted by Crippen LogP contribution is -2.35. The fraction of sp³-hybridized carbons (Fsp3) is 0.333. The number of hydrogen-bond donors (Lipinski definition) is 2. The number of imide groups is 1. The summed E-state index contributed by atoms with van der Waals surface area (Å²) in [4.78, 5) is 22.4.